The number of amides is 1. The predicted molar refractivity (Wildman–Crippen MR) is 109 cm³/mol. The molecule has 6 nitrogen and oxygen atoms in total. The lowest BCUT2D eigenvalue weighted by Gasteiger charge is -2.12. The van der Waals surface area contributed by atoms with E-state index in [1.807, 2.05) is 6.92 Å². The second kappa shape index (κ2) is 7.67. The van der Waals surface area contributed by atoms with Crippen molar-refractivity contribution >= 4 is 38.9 Å². The third-order valence-corrected chi connectivity index (χ3v) is 5.99. The van der Waals surface area contributed by atoms with Crippen molar-refractivity contribution in [3.63, 3.8) is 0 Å². The molecule has 1 amide bonds. The number of fused-ring (bicyclic) bond motifs is 3. The monoisotopic (exact) mass is 395 g/mol. The van der Waals surface area contributed by atoms with Crippen LogP contribution in [-0.2, 0) is 17.6 Å². The Balaban J connectivity index is 1.69. The zero-order valence-corrected chi connectivity index (χ0v) is 16.7. The largest absolute Gasteiger partial charge is 0.437 e. The highest BCUT2D eigenvalue weighted by Crippen LogP contribution is 2.41. The van der Waals surface area contributed by atoms with Crippen LogP contribution in [0.4, 0.5) is 5.69 Å². The number of hydrogen-bond acceptors (Lipinski definition) is 6. The number of carbonyl (C=O) groups is 2. The zero-order valence-electron chi connectivity index (χ0n) is 15.9. The van der Waals surface area contributed by atoms with Gasteiger partial charge in [0.15, 0.2) is 5.78 Å². The molecule has 1 aromatic carbocycles. The molecule has 1 N–H and O–H groups in total. The summed E-state index contributed by atoms with van der Waals surface area (Å²) in [5.74, 6) is 0.702. The van der Waals surface area contributed by atoms with Gasteiger partial charge in [-0.15, -0.1) is 11.3 Å². The lowest BCUT2D eigenvalue weighted by atomic mass is 10.1. The molecule has 1 aliphatic rings. The van der Waals surface area contributed by atoms with E-state index in [0.717, 1.165) is 35.9 Å². The van der Waals surface area contributed by atoms with Crippen LogP contribution in [0.2, 0.25) is 0 Å². The fourth-order valence-electron chi connectivity index (χ4n) is 3.50. The van der Waals surface area contributed by atoms with Gasteiger partial charge in [-0.3, -0.25) is 9.59 Å². The fourth-order valence-corrected chi connectivity index (χ4v) is 4.72. The summed E-state index contributed by atoms with van der Waals surface area (Å²) in [4.78, 5) is 35.0. The highest BCUT2D eigenvalue weighted by atomic mass is 32.1. The number of carbonyl (C=O) groups excluding carboxylic acids is 2. The Hall–Kier alpha value is -2.80. The van der Waals surface area contributed by atoms with Gasteiger partial charge in [-0.25, -0.2) is 9.97 Å². The summed E-state index contributed by atoms with van der Waals surface area (Å²) >= 11 is 1.69. The number of hydrogen-bond donors (Lipinski definition) is 1. The Labute approximate surface area is 167 Å². The average molecular weight is 395 g/mol. The summed E-state index contributed by atoms with van der Waals surface area (Å²) in [6.07, 6.45) is 5.91. The maximum absolute atomic E-state index is 12.2. The maximum atomic E-state index is 12.2. The first kappa shape index (κ1) is 18.6. The van der Waals surface area contributed by atoms with Gasteiger partial charge in [0, 0.05) is 17.0 Å². The highest BCUT2D eigenvalue weighted by molar-refractivity contribution is 7.18. The summed E-state index contributed by atoms with van der Waals surface area (Å²) in [5.41, 5.74) is 2.26. The van der Waals surface area contributed by atoms with Crippen molar-refractivity contribution in [1.82, 2.24) is 9.97 Å². The summed E-state index contributed by atoms with van der Waals surface area (Å²) in [6.45, 7) is 3.43. The van der Waals surface area contributed by atoms with Crippen LogP contribution < -0.4 is 10.1 Å². The number of rotatable bonds is 6. The Bertz CT molecular complexity index is 1070. The molecule has 0 unspecified atom stereocenters. The van der Waals surface area contributed by atoms with Gasteiger partial charge in [-0.05, 0) is 56.4 Å². The number of aromatic nitrogens is 2. The van der Waals surface area contributed by atoms with Crippen molar-refractivity contribution in [2.75, 3.05) is 5.32 Å². The molecular formula is C21H21N3O3S. The molecule has 2 heterocycles. The fraction of sp³-hybridized carbons (Fsp3) is 0.333. The summed E-state index contributed by atoms with van der Waals surface area (Å²) in [5, 5.41) is 3.77. The average Bonchev–Trinajstić information content (AvgIpc) is 3.24. The molecular weight excluding hydrogens is 374 g/mol. The van der Waals surface area contributed by atoms with E-state index in [-0.39, 0.29) is 11.7 Å². The zero-order chi connectivity index (χ0) is 19.7. The number of aryl methyl sites for hydroxylation is 2. The van der Waals surface area contributed by atoms with Gasteiger partial charge in [0.1, 0.15) is 16.9 Å². The molecule has 0 spiro atoms. The van der Waals surface area contributed by atoms with Gasteiger partial charge in [-0.1, -0.05) is 6.92 Å². The molecule has 28 heavy (non-hydrogen) atoms. The van der Waals surface area contributed by atoms with Crippen LogP contribution >= 0.6 is 11.3 Å². The maximum Gasteiger partial charge on any atom is 0.231 e. The Morgan fingerprint density at radius 3 is 2.89 bits per heavy atom. The molecule has 0 atom stereocenters. The van der Waals surface area contributed by atoms with Crippen molar-refractivity contribution in [2.24, 2.45) is 0 Å². The molecule has 7 heteroatoms. The molecule has 0 radical (unpaired) electrons. The first-order valence-corrected chi connectivity index (χ1v) is 10.3. The molecule has 0 saturated heterocycles. The molecule has 3 aromatic rings. The number of nitrogens with zero attached hydrogens (tertiary/aromatic N) is 2. The van der Waals surface area contributed by atoms with E-state index in [1.165, 1.54) is 23.7 Å². The molecule has 0 fully saturated rings. The van der Waals surface area contributed by atoms with Gasteiger partial charge in [-0.2, -0.15) is 0 Å². The lowest BCUT2D eigenvalue weighted by Crippen LogP contribution is -2.11. The standard InChI is InChI=1S/C21H21N3O3S/c1-3-5-18(26)24-13-8-9-16(15(10-13)12(2)25)27-20-19-14-6-4-7-17(14)28-21(19)23-11-22-20/h8-11H,3-7H2,1-2H3,(H,24,26). The van der Waals surface area contributed by atoms with Crippen LogP contribution in [0, 0.1) is 0 Å². The number of ketones is 1. The van der Waals surface area contributed by atoms with Crippen LogP contribution in [0.1, 0.15) is 53.9 Å². The van der Waals surface area contributed by atoms with E-state index in [1.54, 1.807) is 29.5 Å². The molecule has 0 aliphatic heterocycles. The van der Waals surface area contributed by atoms with Crippen molar-refractivity contribution in [3.05, 3.63) is 40.5 Å². The topological polar surface area (TPSA) is 81.2 Å². The highest BCUT2D eigenvalue weighted by Gasteiger charge is 2.23. The van der Waals surface area contributed by atoms with E-state index in [9.17, 15) is 9.59 Å². The van der Waals surface area contributed by atoms with Gasteiger partial charge >= 0.3 is 0 Å². The van der Waals surface area contributed by atoms with Gasteiger partial charge < -0.3 is 10.1 Å². The van der Waals surface area contributed by atoms with Gasteiger partial charge in [0.2, 0.25) is 11.8 Å². The smallest absolute Gasteiger partial charge is 0.231 e. The Morgan fingerprint density at radius 2 is 2.11 bits per heavy atom. The van der Waals surface area contributed by atoms with Crippen LogP contribution in [0.3, 0.4) is 0 Å². The second-order valence-electron chi connectivity index (χ2n) is 6.88. The molecule has 4 rings (SSSR count). The first-order valence-electron chi connectivity index (χ1n) is 9.44. The normalized spacial score (nSPS) is 12.8. The molecule has 0 bridgehead atoms. The summed E-state index contributed by atoms with van der Waals surface area (Å²) < 4.78 is 6.10. The third-order valence-electron chi connectivity index (χ3n) is 4.79. The van der Waals surface area contributed by atoms with E-state index >= 15 is 0 Å². The van der Waals surface area contributed by atoms with E-state index in [0.29, 0.717) is 29.3 Å². The number of ether oxygens (including phenoxy) is 1. The minimum atomic E-state index is -0.137. The number of anilines is 1. The van der Waals surface area contributed by atoms with E-state index in [2.05, 4.69) is 15.3 Å². The lowest BCUT2D eigenvalue weighted by molar-refractivity contribution is -0.116. The van der Waals surface area contributed by atoms with E-state index in [4.69, 9.17) is 4.74 Å². The van der Waals surface area contributed by atoms with Crippen LogP contribution in [0.15, 0.2) is 24.5 Å². The third kappa shape index (κ3) is 3.49. The molecule has 144 valence electrons. The van der Waals surface area contributed by atoms with Crippen molar-refractivity contribution in [2.45, 2.75) is 46.0 Å². The van der Waals surface area contributed by atoms with Crippen LogP contribution in [0.25, 0.3) is 10.2 Å². The number of nitrogens with one attached hydrogen (secondary N) is 1. The molecule has 2 aromatic heterocycles. The second-order valence-corrected chi connectivity index (χ2v) is 7.97. The van der Waals surface area contributed by atoms with Gasteiger partial charge in [0.05, 0.1) is 10.9 Å². The number of benzene rings is 1. The van der Waals surface area contributed by atoms with Crippen LogP contribution in [0.5, 0.6) is 11.6 Å². The minimum Gasteiger partial charge on any atom is -0.437 e. The van der Waals surface area contributed by atoms with Crippen LogP contribution in [-0.4, -0.2) is 21.7 Å². The molecule has 0 saturated carbocycles. The van der Waals surface area contributed by atoms with Crippen molar-refractivity contribution in [3.8, 4) is 11.6 Å². The minimum absolute atomic E-state index is 0.0722. The quantitative estimate of drug-likeness (QED) is 0.600. The number of Topliss-reactive ketones (excluding diaryl/α,β-unsaturated/α-hetero) is 1. The Kier molecular flexibility index (Phi) is 5.09. The number of thiophene rings is 1. The van der Waals surface area contributed by atoms with Crippen molar-refractivity contribution in [1.29, 1.82) is 0 Å². The Morgan fingerprint density at radius 1 is 1.25 bits per heavy atom. The summed E-state index contributed by atoms with van der Waals surface area (Å²) in [6, 6.07) is 5.10. The summed E-state index contributed by atoms with van der Waals surface area (Å²) in [7, 11) is 0. The SMILES string of the molecule is CCCC(=O)Nc1ccc(Oc2ncnc3sc4c(c23)CCC4)c(C(C)=O)c1. The molecule has 1 aliphatic carbocycles. The van der Waals surface area contributed by atoms with Gasteiger partial charge in [0.25, 0.3) is 0 Å². The first-order chi connectivity index (χ1) is 13.6. The predicted octanol–water partition coefficient (Wildman–Crippen LogP) is 4.91. The van der Waals surface area contributed by atoms with E-state index < -0.39 is 0 Å². The van der Waals surface area contributed by atoms with Crippen molar-refractivity contribution < 1.29 is 14.3 Å².